The first-order valence-electron chi connectivity index (χ1n) is 14.2. The Balaban J connectivity index is 1.72. The van der Waals surface area contributed by atoms with Gasteiger partial charge in [0.2, 0.25) is 17.7 Å². The van der Waals surface area contributed by atoms with E-state index in [1.165, 1.54) is 0 Å². The lowest BCUT2D eigenvalue weighted by Crippen LogP contribution is -2.56. The first-order chi connectivity index (χ1) is 18.8. The lowest BCUT2D eigenvalue weighted by atomic mass is 9.66. The summed E-state index contributed by atoms with van der Waals surface area (Å²) in [7, 11) is 0. The van der Waals surface area contributed by atoms with Crippen LogP contribution >= 0.6 is 0 Å². The van der Waals surface area contributed by atoms with Gasteiger partial charge in [0.15, 0.2) is 0 Å². The van der Waals surface area contributed by atoms with Crippen LogP contribution in [-0.4, -0.2) is 87.6 Å². The van der Waals surface area contributed by atoms with E-state index in [4.69, 9.17) is 4.74 Å². The number of aliphatic hydroxyl groups excluding tert-OH is 1. The number of hydrogen-bond acceptors (Lipinski definition) is 5. The number of rotatable bonds is 14. The van der Waals surface area contributed by atoms with Crippen LogP contribution in [0.15, 0.2) is 55.6 Å². The quantitative estimate of drug-likeness (QED) is 0.368. The van der Waals surface area contributed by atoms with Gasteiger partial charge in [0.1, 0.15) is 11.6 Å². The molecule has 1 N–H and O–H groups in total. The number of carbonyl (C=O) groups excluding carboxylic acids is 3. The van der Waals surface area contributed by atoms with Crippen molar-refractivity contribution in [1.82, 2.24) is 14.7 Å². The maximum atomic E-state index is 14.3. The second kappa shape index (κ2) is 12.0. The minimum atomic E-state index is -1.07. The predicted octanol–water partition coefficient (Wildman–Crippen LogP) is 3.16. The summed E-state index contributed by atoms with van der Waals surface area (Å²) in [5.41, 5.74) is -0.929. The highest BCUT2D eigenvalue weighted by Crippen LogP contribution is 2.63. The molecule has 1 aromatic carbocycles. The Morgan fingerprint density at radius 3 is 2.44 bits per heavy atom. The van der Waals surface area contributed by atoms with Gasteiger partial charge in [-0.3, -0.25) is 14.4 Å². The van der Waals surface area contributed by atoms with Gasteiger partial charge in [-0.2, -0.15) is 0 Å². The zero-order valence-corrected chi connectivity index (χ0v) is 23.4. The van der Waals surface area contributed by atoms with E-state index >= 15 is 0 Å². The average molecular weight is 538 g/mol. The summed E-state index contributed by atoms with van der Waals surface area (Å²) in [6.07, 6.45) is 6.64. The molecule has 1 aromatic rings. The normalized spacial score (nSPS) is 28.8. The Labute approximate surface area is 232 Å². The molecule has 1 spiro atoms. The van der Waals surface area contributed by atoms with Gasteiger partial charge in [-0.1, -0.05) is 55.8 Å². The van der Waals surface area contributed by atoms with E-state index in [1.54, 1.807) is 26.9 Å². The molecular weight excluding hydrogens is 494 g/mol. The van der Waals surface area contributed by atoms with Crippen molar-refractivity contribution in [2.75, 3.05) is 32.8 Å². The molecule has 3 aliphatic heterocycles. The number of nitrogens with zero attached hydrogens (tertiary/aromatic N) is 3. The summed E-state index contributed by atoms with van der Waals surface area (Å²) in [6, 6.07) is 8.92. The molecule has 0 radical (unpaired) electrons. The molecule has 3 aliphatic rings. The number of benzene rings is 1. The standard InChI is InChI=1S/C31H43N3O5/c1-5-8-19-32(17-6-2)29(38)26-31-16-15-30(4,39-31)24(25(31)28(37)34(26)20-12-21-35)27(36)33(18-7-3)22-23-13-10-9-11-14-23/h6-7,9-11,13-14,24-26,35H,2-3,5,8,12,15-22H2,1,4H3/t24-,25+,26?,30+,31?/m1/s1. The Hall–Kier alpha value is -2.97. The highest BCUT2D eigenvalue weighted by atomic mass is 16.5. The smallest absolute Gasteiger partial charge is 0.248 e. The number of unbranched alkanes of at least 4 members (excludes halogenated alkanes) is 1. The predicted molar refractivity (Wildman–Crippen MR) is 149 cm³/mol. The molecule has 2 bridgehead atoms. The van der Waals surface area contributed by atoms with E-state index < -0.39 is 29.1 Å². The van der Waals surface area contributed by atoms with Crippen molar-refractivity contribution in [3.8, 4) is 0 Å². The van der Waals surface area contributed by atoms with E-state index in [1.807, 2.05) is 37.3 Å². The van der Waals surface area contributed by atoms with Gasteiger partial charge < -0.3 is 24.5 Å². The summed E-state index contributed by atoms with van der Waals surface area (Å²) >= 11 is 0. The van der Waals surface area contributed by atoms with Crippen molar-refractivity contribution in [3.05, 3.63) is 61.2 Å². The van der Waals surface area contributed by atoms with Crippen LogP contribution in [0.3, 0.4) is 0 Å². The molecule has 212 valence electrons. The third kappa shape index (κ3) is 5.16. The molecule has 3 amide bonds. The van der Waals surface area contributed by atoms with Crippen LogP contribution in [-0.2, 0) is 25.7 Å². The molecular formula is C31H43N3O5. The number of amides is 3. The van der Waals surface area contributed by atoms with Gasteiger partial charge in [0.05, 0.1) is 17.4 Å². The van der Waals surface area contributed by atoms with Crippen LogP contribution in [0.1, 0.15) is 51.5 Å². The molecule has 3 fully saturated rings. The summed E-state index contributed by atoms with van der Waals surface area (Å²) in [5.74, 6) is -2.00. The fraction of sp³-hybridized carbons (Fsp3) is 0.581. The number of ether oxygens (including phenoxy) is 1. The maximum Gasteiger partial charge on any atom is 0.248 e. The molecule has 8 nitrogen and oxygen atoms in total. The minimum Gasteiger partial charge on any atom is -0.396 e. The van der Waals surface area contributed by atoms with Gasteiger partial charge >= 0.3 is 0 Å². The topological polar surface area (TPSA) is 90.4 Å². The van der Waals surface area contributed by atoms with Crippen LogP contribution in [0, 0.1) is 11.8 Å². The molecule has 3 heterocycles. The second-order valence-electron chi connectivity index (χ2n) is 11.3. The molecule has 0 aliphatic carbocycles. The van der Waals surface area contributed by atoms with Crippen LogP contribution in [0.4, 0.5) is 0 Å². The second-order valence-corrected chi connectivity index (χ2v) is 11.3. The fourth-order valence-corrected chi connectivity index (χ4v) is 6.92. The Kier molecular flexibility index (Phi) is 8.96. The van der Waals surface area contributed by atoms with Crippen molar-refractivity contribution in [2.45, 2.75) is 69.7 Å². The lowest BCUT2D eigenvalue weighted by molar-refractivity contribution is -0.153. The maximum absolute atomic E-state index is 14.3. The average Bonchev–Trinajstić information content (AvgIpc) is 3.50. The number of hydrogen-bond donors (Lipinski definition) is 1. The molecule has 8 heteroatoms. The zero-order valence-electron chi connectivity index (χ0n) is 23.4. The Morgan fingerprint density at radius 2 is 1.79 bits per heavy atom. The minimum absolute atomic E-state index is 0.0975. The highest BCUT2D eigenvalue weighted by Gasteiger charge is 2.78. The Morgan fingerprint density at radius 1 is 1.10 bits per heavy atom. The van der Waals surface area contributed by atoms with Gasteiger partial charge in [0.25, 0.3) is 0 Å². The van der Waals surface area contributed by atoms with Crippen molar-refractivity contribution in [3.63, 3.8) is 0 Å². The highest BCUT2D eigenvalue weighted by molar-refractivity contribution is 5.99. The van der Waals surface area contributed by atoms with Crippen molar-refractivity contribution >= 4 is 17.7 Å². The fourth-order valence-electron chi connectivity index (χ4n) is 6.92. The number of aliphatic hydroxyl groups is 1. The van der Waals surface area contributed by atoms with E-state index in [-0.39, 0.29) is 30.9 Å². The molecule has 5 atom stereocenters. The summed E-state index contributed by atoms with van der Waals surface area (Å²) in [4.78, 5) is 47.7. The van der Waals surface area contributed by atoms with Gasteiger partial charge in [0, 0.05) is 39.3 Å². The van der Waals surface area contributed by atoms with Gasteiger partial charge in [-0.05, 0) is 38.2 Å². The van der Waals surface area contributed by atoms with Crippen LogP contribution in [0.5, 0.6) is 0 Å². The summed E-state index contributed by atoms with van der Waals surface area (Å²) in [5, 5.41) is 9.59. The van der Waals surface area contributed by atoms with Crippen LogP contribution in [0.25, 0.3) is 0 Å². The third-order valence-corrected chi connectivity index (χ3v) is 8.65. The van der Waals surface area contributed by atoms with Gasteiger partial charge in [-0.15, -0.1) is 13.2 Å². The molecule has 2 unspecified atom stereocenters. The van der Waals surface area contributed by atoms with E-state index in [0.29, 0.717) is 45.4 Å². The van der Waals surface area contributed by atoms with E-state index in [0.717, 1.165) is 18.4 Å². The molecule has 4 rings (SSSR count). The van der Waals surface area contributed by atoms with Gasteiger partial charge in [-0.25, -0.2) is 0 Å². The number of carbonyl (C=O) groups is 3. The van der Waals surface area contributed by atoms with Crippen molar-refractivity contribution in [1.29, 1.82) is 0 Å². The monoisotopic (exact) mass is 537 g/mol. The molecule has 0 aromatic heterocycles. The van der Waals surface area contributed by atoms with Crippen molar-refractivity contribution in [2.24, 2.45) is 11.8 Å². The van der Waals surface area contributed by atoms with Crippen LogP contribution < -0.4 is 0 Å². The summed E-state index contributed by atoms with van der Waals surface area (Å²) < 4.78 is 6.76. The first kappa shape index (κ1) is 29.0. The first-order valence-corrected chi connectivity index (χ1v) is 14.2. The molecule has 39 heavy (non-hydrogen) atoms. The van der Waals surface area contributed by atoms with Crippen LogP contribution in [0.2, 0.25) is 0 Å². The Bertz CT molecular complexity index is 1080. The zero-order chi connectivity index (χ0) is 28.2. The van der Waals surface area contributed by atoms with E-state index in [9.17, 15) is 19.5 Å². The largest absolute Gasteiger partial charge is 0.396 e. The SMILES string of the molecule is C=CCN(CCCC)C(=O)C1N(CCCO)C(=O)[C@@H]2[C@H](C(=O)N(CC=C)Cc3ccccc3)[C@]3(C)CCC12O3. The third-order valence-electron chi connectivity index (χ3n) is 8.65. The molecule has 0 saturated carbocycles. The summed E-state index contributed by atoms with van der Waals surface area (Å²) in [6.45, 7) is 13.5. The number of likely N-dealkylation sites (tertiary alicyclic amines) is 1. The van der Waals surface area contributed by atoms with Crippen molar-refractivity contribution < 1.29 is 24.2 Å². The lowest BCUT2D eigenvalue weighted by Gasteiger charge is -2.37. The molecule has 3 saturated heterocycles. The van der Waals surface area contributed by atoms with E-state index in [2.05, 4.69) is 20.1 Å². The number of fused-ring (bicyclic) bond motifs is 1.